The largest absolute Gasteiger partial charge is 0.345 e. The van der Waals surface area contributed by atoms with Crippen LogP contribution in [0.25, 0.3) is 0 Å². The van der Waals surface area contributed by atoms with E-state index in [4.69, 9.17) is 25.3 Å². The van der Waals surface area contributed by atoms with Crippen LogP contribution in [0.15, 0.2) is 29.5 Å². The Morgan fingerprint density at radius 3 is 2.48 bits per heavy atom. The number of rotatable bonds is 2. The quantitative estimate of drug-likeness (QED) is 0.781. The van der Waals surface area contributed by atoms with E-state index in [1.165, 1.54) is 0 Å². The van der Waals surface area contributed by atoms with Gasteiger partial charge in [-0.25, -0.2) is 0 Å². The lowest BCUT2D eigenvalue weighted by molar-refractivity contribution is -0.178. The lowest BCUT2D eigenvalue weighted by atomic mass is 10.1. The summed E-state index contributed by atoms with van der Waals surface area (Å²) in [7, 11) is 0. The van der Waals surface area contributed by atoms with E-state index < -0.39 is 11.7 Å². The zero-order chi connectivity index (χ0) is 16.4. The van der Waals surface area contributed by atoms with E-state index in [2.05, 4.69) is 10.6 Å². The average Bonchev–Trinajstić information content (AvgIpc) is 3.16. The predicted octanol–water partition coefficient (Wildman–Crippen LogP) is 1.08. The fourth-order valence-corrected chi connectivity index (χ4v) is 2.46. The molecular formula is C15H9N5O3. The second kappa shape index (κ2) is 5.43. The molecule has 1 spiro atoms. The summed E-state index contributed by atoms with van der Waals surface area (Å²) >= 11 is 0. The molecule has 2 aliphatic heterocycles. The molecule has 1 fully saturated rings. The Bertz CT molecular complexity index is 831. The van der Waals surface area contributed by atoms with Gasteiger partial charge in [-0.2, -0.15) is 15.8 Å². The first-order chi connectivity index (χ1) is 11.1. The summed E-state index contributed by atoms with van der Waals surface area (Å²) in [6, 6.07) is 9.89. The van der Waals surface area contributed by atoms with E-state index in [0.717, 1.165) is 0 Å². The highest BCUT2D eigenvalue weighted by molar-refractivity contribution is 6.04. The van der Waals surface area contributed by atoms with Crippen molar-refractivity contribution in [3.8, 4) is 18.2 Å². The van der Waals surface area contributed by atoms with E-state index in [1.54, 1.807) is 36.4 Å². The van der Waals surface area contributed by atoms with Crippen molar-refractivity contribution in [1.82, 2.24) is 0 Å². The van der Waals surface area contributed by atoms with E-state index >= 15 is 0 Å². The average molecular weight is 307 g/mol. The number of allylic oxidation sites excluding steroid dienone is 2. The summed E-state index contributed by atoms with van der Waals surface area (Å²) in [5.74, 6) is -1.88. The van der Waals surface area contributed by atoms with Crippen molar-refractivity contribution in [3.05, 3.63) is 35.0 Å². The molecule has 0 aliphatic carbocycles. The first-order valence-corrected chi connectivity index (χ1v) is 6.60. The number of nitrogens with zero attached hydrogens (tertiary/aromatic N) is 3. The Kier molecular flexibility index (Phi) is 3.44. The van der Waals surface area contributed by atoms with Crippen LogP contribution in [0.1, 0.15) is 5.56 Å². The van der Waals surface area contributed by atoms with Gasteiger partial charge in [0.1, 0.15) is 23.9 Å². The highest BCUT2D eigenvalue weighted by Crippen LogP contribution is 2.43. The molecule has 0 atom stereocenters. The van der Waals surface area contributed by atoms with Crippen LogP contribution in [0.5, 0.6) is 0 Å². The van der Waals surface area contributed by atoms with E-state index in [-0.39, 0.29) is 11.3 Å². The van der Waals surface area contributed by atoms with E-state index in [0.29, 0.717) is 30.2 Å². The maximum atomic E-state index is 12.1. The van der Waals surface area contributed by atoms with Crippen LogP contribution in [0.4, 0.5) is 11.4 Å². The van der Waals surface area contributed by atoms with Gasteiger partial charge in [-0.3, -0.25) is 4.79 Å². The molecule has 2 N–H and O–H groups in total. The lowest BCUT2D eigenvalue weighted by Gasteiger charge is -2.19. The maximum Gasteiger partial charge on any atom is 0.289 e. The monoisotopic (exact) mass is 307 g/mol. The van der Waals surface area contributed by atoms with Gasteiger partial charge in [-0.15, -0.1) is 0 Å². The first kappa shape index (κ1) is 14.6. The first-order valence-electron chi connectivity index (χ1n) is 6.60. The van der Waals surface area contributed by atoms with Crippen LogP contribution in [0.2, 0.25) is 0 Å². The third-order valence-corrected chi connectivity index (χ3v) is 3.47. The Labute approximate surface area is 131 Å². The molecule has 112 valence electrons. The number of hydrogen-bond acceptors (Lipinski definition) is 7. The van der Waals surface area contributed by atoms with Crippen LogP contribution in [-0.2, 0) is 20.1 Å². The number of nitriles is 3. The van der Waals surface area contributed by atoms with Crippen molar-refractivity contribution in [2.24, 2.45) is 0 Å². The molecule has 23 heavy (non-hydrogen) atoms. The molecule has 8 heteroatoms. The zero-order valence-electron chi connectivity index (χ0n) is 11.7. The summed E-state index contributed by atoms with van der Waals surface area (Å²) < 4.78 is 10.9. The van der Waals surface area contributed by atoms with Gasteiger partial charge in [0, 0.05) is 11.3 Å². The second-order valence-corrected chi connectivity index (χ2v) is 4.74. The Hall–Kier alpha value is -3.38. The molecule has 0 aromatic heterocycles. The van der Waals surface area contributed by atoms with Crippen LogP contribution < -0.4 is 10.6 Å². The summed E-state index contributed by atoms with van der Waals surface area (Å²) in [5.41, 5.74) is 0.960. The summed E-state index contributed by atoms with van der Waals surface area (Å²) in [5, 5.41) is 32.1. The van der Waals surface area contributed by atoms with Crippen LogP contribution in [0.3, 0.4) is 0 Å². The molecule has 2 heterocycles. The maximum absolute atomic E-state index is 12.1. The fraction of sp³-hybridized carbons (Fsp3) is 0.200. The molecule has 0 bridgehead atoms. The van der Waals surface area contributed by atoms with Gasteiger partial charge in [-0.1, -0.05) is 0 Å². The molecule has 1 amide bonds. The molecule has 3 rings (SSSR count). The Balaban J connectivity index is 2.01. The summed E-state index contributed by atoms with van der Waals surface area (Å²) in [6.07, 6.45) is 0. The standard InChI is InChI=1S/C15H9N5O3/c16-6-9(7-17)13(8-18)19-10-1-2-12-11(5-10)15(14(21)20-12)22-3-4-23-15/h1-2,5,19H,3-4H2,(H,20,21). The van der Waals surface area contributed by atoms with Gasteiger partial charge < -0.3 is 20.1 Å². The molecule has 1 aromatic rings. The number of carbonyl (C=O) groups is 1. The molecular weight excluding hydrogens is 298 g/mol. The van der Waals surface area contributed by atoms with E-state index in [9.17, 15) is 4.79 Å². The fourth-order valence-electron chi connectivity index (χ4n) is 2.46. The van der Waals surface area contributed by atoms with Gasteiger partial charge in [0.25, 0.3) is 11.7 Å². The second-order valence-electron chi connectivity index (χ2n) is 4.74. The molecule has 0 radical (unpaired) electrons. The minimum absolute atomic E-state index is 0.172. The number of amides is 1. The molecule has 8 nitrogen and oxygen atoms in total. The van der Waals surface area contributed by atoms with Crippen molar-refractivity contribution in [2.45, 2.75) is 5.79 Å². The van der Waals surface area contributed by atoms with Crippen molar-refractivity contribution in [1.29, 1.82) is 15.8 Å². The minimum atomic E-state index is -1.48. The van der Waals surface area contributed by atoms with Crippen LogP contribution in [-0.4, -0.2) is 19.1 Å². The molecule has 0 saturated carbocycles. The van der Waals surface area contributed by atoms with Gasteiger partial charge in [0.2, 0.25) is 0 Å². The van der Waals surface area contributed by atoms with Crippen LogP contribution >= 0.6 is 0 Å². The predicted molar refractivity (Wildman–Crippen MR) is 76.1 cm³/mol. The number of carbonyl (C=O) groups excluding carboxylic acids is 1. The third kappa shape index (κ3) is 2.18. The van der Waals surface area contributed by atoms with Crippen LogP contribution in [0, 0.1) is 34.0 Å². The number of nitrogens with one attached hydrogen (secondary N) is 2. The van der Waals surface area contributed by atoms with Crippen molar-refractivity contribution in [3.63, 3.8) is 0 Å². The van der Waals surface area contributed by atoms with Gasteiger partial charge >= 0.3 is 0 Å². The molecule has 1 saturated heterocycles. The summed E-state index contributed by atoms with van der Waals surface area (Å²) in [6.45, 7) is 0.585. The van der Waals surface area contributed by atoms with Gasteiger partial charge in [-0.05, 0) is 18.2 Å². The highest BCUT2D eigenvalue weighted by atomic mass is 16.7. The zero-order valence-corrected chi connectivity index (χ0v) is 11.7. The number of benzene rings is 1. The topological polar surface area (TPSA) is 131 Å². The van der Waals surface area contributed by atoms with Gasteiger partial charge in [0.15, 0.2) is 5.57 Å². The SMILES string of the molecule is N#CC(C#N)=C(C#N)Nc1ccc2c(c1)C1(OCCO1)C(=O)N2. The number of anilines is 2. The molecule has 1 aromatic carbocycles. The number of ether oxygens (including phenoxy) is 2. The van der Waals surface area contributed by atoms with Gasteiger partial charge in [0.05, 0.1) is 18.9 Å². The highest BCUT2D eigenvalue weighted by Gasteiger charge is 2.52. The Morgan fingerprint density at radius 2 is 1.87 bits per heavy atom. The molecule has 0 unspecified atom stereocenters. The van der Waals surface area contributed by atoms with Crippen molar-refractivity contribution in [2.75, 3.05) is 23.8 Å². The Morgan fingerprint density at radius 1 is 1.17 bits per heavy atom. The number of fused-ring (bicyclic) bond motifs is 2. The van der Waals surface area contributed by atoms with E-state index in [1.807, 2.05) is 0 Å². The third-order valence-electron chi connectivity index (χ3n) is 3.47. The smallest absolute Gasteiger partial charge is 0.289 e. The minimum Gasteiger partial charge on any atom is -0.345 e. The lowest BCUT2D eigenvalue weighted by Crippen LogP contribution is -2.35. The summed E-state index contributed by atoms with van der Waals surface area (Å²) in [4.78, 5) is 12.1. The number of hydrogen-bond donors (Lipinski definition) is 2. The van der Waals surface area contributed by atoms with Crippen molar-refractivity contribution >= 4 is 17.3 Å². The van der Waals surface area contributed by atoms with Crippen molar-refractivity contribution < 1.29 is 14.3 Å². The molecule has 2 aliphatic rings. The normalized spacial score (nSPS) is 16.7.